The number of H-pyrrole nitrogens is 1. The highest BCUT2D eigenvalue weighted by Gasteiger charge is 2.29. The monoisotopic (exact) mass is 230 g/mol. The smallest absolute Gasteiger partial charge is 0.295 e. The third-order valence-electron chi connectivity index (χ3n) is 2.47. The van der Waals surface area contributed by atoms with Crippen molar-refractivity contribution in [3.8, 4) is 12.1 Å². The Morgan fingerprint density at radius 3 is 2.59 bits per heavy atom. The van der Waals surface area contributed by atoms with Crippen LogP contribution >= 0.6 is 0 Å². The fourth-order valence-electron chi connectivity index (χ4n) is 1.42. The molecule has 0 aliphatic heterocycles. The van der Waals surface area contributed by atoms with Crippen LogP contribution in [-0.4, -0.2) is 39.1 Å². The van der Waals surface area contributed by atoms with E-state index in [0.717, 1.165) is 17.7 Å². The topological polar surface area (TPSA) is 109 Å². The molecule has 0 bridgehead atoms. The van der Waals surface area contributed by atoms with Crippen LogP contribution in [0.15, 0.2) is 0 Å². The molecule has 1 aliphatic rings. The molecule has 1 fully saturated rings. The lowest BCUT2D eigenvalue weighted by Crippen LogP contribution is -2.32. The Morgan fingerprint density at radius 1 is 1.41 bits per heavy atom. The summed E-state index contributed by atoms with van der Waals surface area (Å²) in [5.74, 6) is 0.625. The fourth-order valence-corrected chi connectivity index (χ4v) is 1.42. The second-order valence-corrected chi connectivity index (χ2v) is 3.80. The Morgan fingerprint density at radius 2 is 2.06 bits per heavy atom. The first-order chi connectivity index (χ1) is 8.26. The number of aromatic nitrogens is 3. The first kappa shape index (κ1) is 11.1. The van der Waals surface area contributed by atoms with E-state index in [1.807, 2.05) is 12.1 Å². The Labute approximate surface area is 97.7 Å². The minimum atomic E-state index is -0.490. The molecule has 0 radical (unpaired) electrons. The first-order valence-corrected chi connectivity index (χ1v) is 5.21. The second-order valence-electron chi connectivity index (χ2n) is 3.80. The third kappa shape index (κ3) is 2.40. The van der Waals surface area contributed by atoms with Crippen LogP contribution in [0.2, 0.25) is 0 Å². The van der Waals surface area contributed by atoms with Gasteiger partial charge in [-0.2, -0.15) is 10.5 Å². The maximum atomic E-state index is 11.9. The van der Waals surface area contributed by atoms with E-state index in [1.165, 1.54) is 0 Å². The van der Waals surface area contributed by atoms with E-state index in [9.17, 15) is 4.79 Å². The predicted molar refractivity (Wildman–Crippen MR) is 55.5 cm³/mol. The number of hydrogen-bond donors (Lipinski definition) is 1. The van der Waals surface area contributed by atoms with Crippen molar-refractivity contribution in [1.29, 1.82) is 10.5 Å². The summed E-state index contributed by atoms with van der Waals surface area (Å²) in [6, 6.07) is 3.67. The largest absolute Gasteiger partial charge is 0.309 e. The normalized spacial score (nSPS) is 13.8. The van der Waals surface area contributed by atoms with Crippen LogP contribution in [0.4, 0.5) is 0 Å². The zero-order valence-electron chi connectivity index (χ0n) is 9.05. The van der Waals surface area contributed by atoms with Gasteiger partial charge in [-0.3, -0.25) is 9.89 Å². The van der Waals surface area contributed by atoms with Gasteiger partial charge in [0.15, 0.2) is 0 Å². The number of amides is 1. The van der Waals surface area contributed by atoms with Crippen molar-refractivity contribution in [3.63, 3.8) is 0 Å². The van der Waals surface area contributed by atoms with Gasteiger partial charge in [0.1, 0.15) is 18.9 Å². The van der Waals surface area contributed by atoms with Crippen LogP contribution in [0, 0.1) is 22.7 Å². The van der Waals surface area contributed by atoms with Gasteiger partial charge in [0, 0.05) is 5.92 Å². The first-order valence-electron chi connectivity index (χ1n) is 5.21. The maximum Gasteiger partial charge on any atom is 0.295 e. The minimum Gasteiger partial charge on any atom is -0.309 e. The predicted octanol–water partition coefficient (Wildman–Crippen LogP) is 0.171. The summed E-state index contributed by atoms with van der Waals surface area (Å²) in [5.41, 5.74) is 0. The fraction of sp³-hybridized carbons (Fsp3) is 0.500. The summed E-state index contributed by atoms with van der Waals surface area (Å²) in [4.78, 5) is 17.1. The van der Waals surface area contributed by atoms with Crippen molar-refractivity contribution in [1.82, 2.24) is 20.1 Å². The average molecular weight is 230 g/mol. The number of carbonyl (C=O) groups excluding carboxylic acids is 1. The summed E-state index contributed by atoms with van der Waals surface area (Å²) in [6.45, 7) is -0.278. The number of rotatable bonds is 4. The van der Waals surface area contributed by atoms with Crippen LogP contribution in [-0.2, 0) is 0 Å². The molecule has 1 aromatic rings. The number of aromatic amines is 1. The Balaban J connectivity index is 2.11. The number of nitriles is 2. The molecule has 0 saturated heterocycles. The highest BCUT2D eigenvalue weighted by Crippen LogP contribution is 2.37. The molecule has 0 atom stereocenters. The van der Waals surface area contributed by atoms with Crippen LogP contribution in [0.3, 0.4) is 0 Å². The van der Waals surface area contributed by atoms with Crippen LogP contribution < -0.4 is 0 Å². The lowest BCUT2D eigenvalue weighted by Gasteiger charge is -2.12. The molecule has 1 saturated carbocycles. The quantitative estimate of drug-likeness (QED) is 0.741. The molecule has 17 heavy (non-hydrogen) atoms. The van der Waals surface area contributed by atoms with E-state index < -0.39 is 5.91 Å². The lowest BCUT2D eigenvalue weighted by molar-refractivity contribution is 0.0783. The molecule has 1 aliphatic carbocycles. The molecule has 2 rings (SSSR count). The van der Waals surface area contributed by atoms with Crippen molar-refractivity contribution in [2.45, 2.75) is 18.8 Å². The highest BCUT2D eigenvalue weighted by atomic mass is 16.2. The Kier molecular flexibility index (Phi) is 3.01. The van der Waals surface area contributed by atoms with Crippen LogP contribution in [0.5, 0.6) is 0 Å². The standard InChI is InChI=1S/C10H10N6O/c11-3-5-16(6-4-12)10(17)9-13-8(14-15-9)7-1-2-7/h7H,1-2,5-6H2,(H,13,14,15). The second kappa shape index (κ2) is 4.62. The SMILES string of the molecule is N#CCN(CC#N)C(=O)c1n[nH]c(C2CC2)n1. The zero-order valence-corrected chi connectivity index (χ0v) is 9.05. The summed E-state index contributed by atoms with van der Waals surface area (Å²) in [5, 5.41) is 23.7. The molecular weight excluding hydrogens is 220 g/mol. The molecule has 7 heteroatoms. The average Bonchev–Trinajstić information content (AvgIpc) is 3.06. The van der Waals surface area contributed by atoms with E-state index in [2.05, 4.69) is 15.2 Å². The van der Waals surface area contributed by atoms with Gasteiger partial charge in [-0.1, -0.05) is 0 Å². The van der Waals surface area contributed by atoms with Gasteiger partial charge in [0.25, 0.3) is 5.91 Å². The molecular formula is C10H10N6O. The van der Waals surface area contributed by atoms with Gasteiger partial charge >= 0.3 is 0 Å². The molecule has 0 aromatic carbocycles. The van der Waals surface area contributed by atoms with Gasteiger partial charge in [0.05, 0.1) is 12.1 Å². The van der Waals surface area contributed by atoms with E-state index >= 15 is 0 Å². The number of nitrogens with one attached hydrogen (secondary N) is 1. The van der Waals surface area contributed by atoms with Gasteiger partial charge in [-0.15, -0.1) is 5.10 Å². The molecule has 1 N–H and O–H groups in total. The number of nitrogens with zero attached hydrogens (tertiary/aromatic N) is 5. The van der Waals surface area contributed by atoms with Crippen molar-refractivity contribution in [2.24, 2.45) is 0 Å². The van der Waals surface area contributed by atoms with Gasteiger partial charge in [-0.05, 0) is 12.8 Å². The minimum absolute atomic E-state index is 0.0254. The molecule has 1 aromatic heterocycles. The van der Waals surface area contributed by atoms with Gasteiger partial charge in [-0.25, -0.2) is 4.98 Å². The van der Waals surface area contributed by atoms with Crippen LogP contribution in [0.25, 0.3) is 0 Å². The van der Waals surface area contributed by atoms with E-state index in [1.54, 1.807) is 0 Å². The zero-order chi connectivity index (χ0) is 12.3. The highest BCUT2D eigenvalue weighted by molar-refractivity contribution is 5.90. The van der Waals surface area contributed by atoms with E-state index in [0.29, 0.717) is 11.7 Å². The number of hydrogen-bond acceptors (Lipinski definition) is 5. The molecule has 7 nitrogen and oxygen atoms in total. The van der Waals surface area contributed by atoms with Crippen molar-refractivity contribution < 1.29 is 4.79 Å². The molecule has 1 heterocycles. The van der Waals surface area contributed by atoms with Gasteiger partial charge < -0.3 is 4.90 Å². The maximum absolute atomic E-state index is 11.9. The third-order valence-corrected chi connectivity index (χ3v) is 2.47. The summed E-state index contributed by atoms with van der Waals surface area (Å²) in [7, 11) is 0. The summed E-state index contributed by atoms with van der Waals surface area (Å²) in [6.07, 6.45) is 2.12. The van der Waals surface area contributed by atoms with E-state index in [-0.39, 0.29) is 18.9 Å². The Hall–Kier alpha value is -2.41. The molecule has 1 amide bonds. The van der Waals surface area contributed by atoms with Crippen LogP contribution in [0.1, 0.15) is 35.2 Å². The Bertz CT molecular complexity index is 488. The molecule has 0 unspecified atom stereocenters. The number of carbonyl (C=O) groups is 1. The molecule has 0 spiro atoms. The summed E-state index contributed by atoms with van der Waals surface area (Å²) < 4.78 is 0. The molecule has 86 valence electrons. The van der Waals surface area contributed by atoms with Crippen molar-refractivity contribution in [3.05, 3.63) is 11.6 Å². The van der Waals surface area contributed by atoms with Crippen molar-refractivity contribution >= 4 is 5.91 Å². The van der Waals surface area contributed by atoms with Gasteiger partial charge in [0.2, 0.25) is 5.82 Å². The summed E-state index contributed by atoms with van der Waals surface area (Å²) >= 11 is 0. The lowest BCUT2D eigenvalue weighted by atomic mass is 10.4. The van der Waals surface area contributed by atoms with E-state index in [4.69, 9.17) is 10.5 Å². The van der Waals surface area contributed by atoms with Crippen molar-refractivity contribution in [2.75, 3.05) is 13.1 Å².